The third-order valence-electron chi connectivity index (χ3n) is 9.43. The number of hydrogen-bond donors (Lipinski definition) is 0. The van der Waals surface area contributed by atoms with Crippen LogP contribution in [-0.4, -0.2) is 47.0 Å². The molecule has 1 fully saturated rings. The van der Waals surface area contributed by atoms with Gasteiger partial charge in [0.15, 0.2) is 0 Å². The van der Waals surface area contributed by atoms with E-state index in [-0.39, 0.29) is 0 Å². The minimum absolute atomic E-state index is 1.35. The maximum absolute atomic E-state index is 2.56. The van der Waals surface area contributed by atoms with Crippen molar-refractivity contribution in [2.45, 2.75) is 0 Å². The van der Waals surface area contributed by atoms with Crippen molar-refractivity contribution in [2.24, 2.45) is 0 Å². The second kappa shape index (κ2) is 12.9. The quantitative estimate of drug-likeness (QED) is 0.242. The Hall–Kier alpha value is -3.38. The summed E-state index contributed by atoms with van der Waals surface area (Å²) >= 11 is 0. The Kier molecular flexibility index (Phi) is 8.41. The van der Waals surface area contributed by atoms with Gasteiger partial charge in [-0.1, -0.05) is 213 Å². The molecule has 0 atom stereocenters. The van der Waals surface area contributed by atoms with Crippen LogP contribution in [0.4, 0.5) is 0 Å². The van der Waals surface area contributed by atoms with Crippen molar-refractivity contribution in [3.05, 3.63) is 182 Å². The minimum Gasteiger partial charge on any atom is -0.0686 e. The number of benzene rings is 6. The van der Waals surface area contributed by atoms with Gasteiger partial charge in [-0.2, -0.15) is 0 Å². The minimum atomic E-state index is -1.35. The standard InChI is InChI=1S/C36H36Si6/c1-7-19-31(20-8-1)37-38(32-21-9-2-10-22-32)40(34-25-13-4-14-26-34)42(36-29-17-6-18-30-36)41(35-27-15-5-16-28-35)39(37)33-23-11-3-12-24-33/h1-30,37-42H. The van der Waals surface area contributed by atoms with Gasteiger partial charge < -0.3 is 0 Å². The first kappa shape index (κ1) is 27.5. The summed E-state index contributed by atoms with van der Waals surface area (Å²) in [4.78, 5) is 0. The van der Waals surface area contributed by atoms with E-state index in [1.807, 2.05) is 0 Å². The highest BCUT2D eigenvalue weighted by molar-refractivity contribution is 8.03. The molecular weight excluding hydrogens is 601 g/mol. The Labute approximate surface area is 258 Å². The van der Waals surface area contributed by atoms with E-state index in [1.165, 1.54) is 0 Å². The van der Waals surface area contributed by atoms with Crippen molar-refractivity contribution in [3.63, 3.8) is 0 Å². The predicted octanol–water partition coefficient (Wildman–Crippen LogP) is 1.28. The fraction of sp³-hybridized carbons (Fsp3) is 0. The van der Waals surface area contributed by atoms with Crippen LogP contribution in [0.5, 0.6) is 0 Å². The first-order valence-corrected chi connectivity index (χ1v) is 34.7. The van der Waals surface area contributed by atoms with Crippen molar-refractivity contribution in [3.8, 4) is 0 Å². The van der Waals surface area contributed by atoms with Crippen LogP contribution in [0.1, 0.15) is 0 Å². The summed E-state index contributed by atoms with van der Waals surface area (Å²) in [6, 6.07) is 72.2. The zero-order chi connectivity index (χ0) is 28.1. The Bertz CT molecular complexity index is 1340. The molecule has 6 aromatic rings. The normalized spacial score (nSPS) is 23.7. The van der Waals surface area contributed by atoms with E-state index in [0.717, 1.165) is 0 Å². The molecular formula is C36H36Si6. The lowest BCUT2D eigenvalue weighted by molar-refractivity contribution is 1.75. The van der Waals surface area contributed by atoms with Crippen LogP contribution in [0.15, 0.2) is 182 Å². The SMILES string of the molecule is c1ccc([SiH]2[SiH](c3ccccc3)[SiH](c3ccccc3)[SiH](c3ccccc3)[SiH](c3ccccc3)[SiH]2c2ccccc2)cc1. The van der Waals surface area contributed by atoms with Crippen molar-refractivity contribution in [1.82, 2.24) is 0 Å². The van der Waals surface area contributed by atoms with Crippen LogP contribution in [0.25, 0.3) is 0 Å². The van der Waals surface area contributed by atoms with Gasteiger partial charge in [0.2, 0.25) is 0 Å². The highest BCUT2D eigenvalue weighted by atomic mass is 30.1. The molecule has 0 unspecified atom stereocenters. The molecule has 6 aromatic carbocycles. The van der Waals surface area contributed by atoms with Crippen LogP contribution in [0.2, 0.25) is 0 Å². The van der Waals surface area contributed by atoms with Crippen LogP contribution < -0.4 is 31.1 Å². The second-order valence-corrected chi connectivity index (χ2v) is 61.6. The van der Waals surface area contributed by atoms with Crippen molar-refractivity contribution in [1.29, 1.82) is 0 Å². The first-order chi connectivity index (χ1) is 20.9. The van der Waals surface area contributed by atoms with Gasteiger partial charge in [-0.25, -0.2) is 0 Å². The van der Waals surface area contributed by atoms with E-state index in [4.69, 9.17) is 0 Å². The molecule has 0 radical (unpaired) electrons. The highest BCUT2D eigenvalue weighted by Gasteiger charge is 2.56. The summed E-state index contributed by atoms with van der Waals surface area (Å²) in [5.41, 5.74) is 0. The van der Waals surface area contributed by atoms with Gasteiger partial charge in [0.05, 0.1) is 47.0 Å². The average Bonchev–Trinajstić information content (AvgIpc) is 3.09. The van der Waals surface area contributed by atoms with E-state index >= 15 is 0 Å². The number of rotatable bonds is 6. The molecule has 0 amide bonds. The molecule has 0 N–H and O–H groups in total. The van der Waals surface area contributed by atoms with E-state index < -0.39 is 47.0 Å². The third kappa shape index (κ3) is 5.42. The zero-order valence-electron chi connectivity index (χ0n) is 23.8. The lowest BCUT2D eigenvalue weighted by Gasteiger charge is -2.50. The van der Waals surface area contributed by atoms with Crippen LogP contribution in [-0.2, 0) is 0 Å². The summed E-state index contributed by atoms with van der Waals surface area (Å²) in [7, 11) is -8.09. The van der Waals surface area contributed by atoms with Crippen molar-refractivity contribution < 1.29 is 0 Å². The third-order valence-corrected chi connectivity index (χ3v) is 118. The van der Waals surface area contributed by atoms with E-state index in [9.17, 15) is 0 Å². The molecule has 42 heavy (non-hydrogen) atoms. The molecule has 0 spiro atoms. The van der Waals surface area contributed by atoms with Crippen LogP contribution in [0.3, 0.4) is 0 Å². The topological polar surface area (TPSA) is 0 Å². The van der Waals surface area contributed by atoms with Gasteiger partial charge in [0.25, 0.3) is 0 Å². The fourth-order valence-corrected chi connectivity index (χ4v) is 218. The summed E-state index contributed by atoms with van der Waals surface area (Å²) in [6.45, 7) is 0. The fourth-order valence-electron chi connectivity index (χ4n) is 7.88. The van der Waals surface area contributed by atoms with Crippen LogP contribution in [0, 0.1) is 0 Å². The maximum Gasteiger partial charge on any atom is 0.0585 e. The maximum atomic E-state index is 2.56. The predicted molar refractivity (Wildman–Crippen MR) is 199 cm³/mol. The van der Waals surface area contributed by atoms with Gasteiger partial charge in [-0.15, -0.1) is 0 Å². The monoisotopic (exact) mass is 636 g/mol. The lowest BCUT2D eigenvalue weighted by atomic mass is 10.4. The van der Waals surface area contributed by atoms with E-state index in [0.29, 0.717) is 0 Å². The van der Waals surface area contributed by atoms with E-state index in [2.05, 4.69) is 182 Å². The van der Waals surface area contributed by atoms with Gasteiger partial charge in [0.1, 0.15) is 0 Å². The molecule has 0 saturated carbocycles. The molecule has 0 nitrogen and oxygen atoms in total. The zero-order valence-corrected chi connectivity index (χ0v) is 30.7. The first-order valence-electron chi connectivity index (χ1n) is 15.2. The smallest absolute Gasteiger partial charge is 0.0585 e. The molecule has 1 heterocycles. The molecule has 0 aromatic heterocycles. The van der Waals surface area contributed by atoms with Gasteiger partial charge in [0, 0.05) is 0 Å². The summed E-state index contributed by atoms with van der Waals surface area (Å²) in [5.74, 6) is 0. The van der Waals surface area contributed by atoms with Crippen LogP contribution >= 0.6 is 0 Å². The van der Waals surface area contributed by atoms with Gasteiger partial charge in [-0.3, -0.25) is 0 Å². The molecule has 6 heteroatoms. The summed E-state index contributed by atoms with van der Waals surface area (Å²) in [6.07, 6.45) is 0. The molecule has 0 bridgehead atoms. The van der Waals surface area contributed by atoms with Gasteiger partial charge >= 0.3 is 0 Å². The molecule has 204 valence electrons. The second-order valence-electron chi connectivity index (χ2n) is 11.6. The van der Waals surface area contributed by atoms with Crippen molar-refractivity contribution in [2.75, 3.05) is 0 Å². The summed E-state index contributed by atoms with van der Waals surface area (Å²) < 4.78 is 0. The van der Waals surface area contributed by atoms with E-state index in [1.54, 1.807) is 31.1 Å². The average molecular weight is 637 g/mol. The Balaban J connectivity index is 1.59. The summed E-state index contributed by atoms with van der Waals surface area (Å²) in [5, 5.41) is 10.6. The molecule has 0 aliphatic carbocycles. The molecule has 1 saturated heterocycles. The lowest BCUT2D eigenvalue weighted by Crippen LogP contribution is -2.91. The van der Waals surface area contributed by atoms with Gasteiger partial charge in [-0.05, 0) is 0 Å². The Morgan fingerprint density at radius 3 is 0.405 bits per heavy atom. The molecule has 1 aliphatic rings. The Morgan fingerprint density at radius 2 is 0.286 bits per heavy atom. The Morgan fingerprint density at radius 1 is 0.167 bits per heavy atom. The molecule has 1 aliphatic heterocycles. The largest absolute Gasteiger partial charge is 0.0686 e. The highest BCUT2D eigenvalue weighted by Crippen LogP contribution is 2.19. The van der Waals surface area contributed by atoms with Crippen molar-refractivity contribution >= 4 is 78.1 Å². The molecule has 7 rings (SSSR count). The number of hydrogen-bond acceptors (Lipinski definition) is 0.